The van der Waals surface area contributed by atoms with Crippen molar-refractivity contribution in [1.29, 1.82) is 0 Å². The standard InChI is InChI=1S/C18H18F3N3O5S/c1-29-17(26)24-14-7-5-12(6-8-14)10-22-16(25)11-23-30(27,28)15-4-2-3-13(9-15)18(19,20)21/h2-9,23H,10-11H2,1H3,(H,22,25)(H,24,26). The molecular weight excluding hydrogens is 427 g/mol. The number of benzene rings is 2. The van der Waals surface area contributed by atoms with E-state index in [2.05, 4.69) is 15.4 Å². The average Bonchev–Trinajstić information content (AvgIpc) is 2.71. The summed E-state index contributed by atoms with van der Waals surface area (Å²) in [5.74, 6) is -0.678. The zero-order chi connectivity index (χ0) is 22.4. The van der Waals surface area contributed by atoms with E-state index in [1.807, 2.05) is 4.72 Å². The van der Waals surface area contributed by atoms with Gasteiger partial charge in [-0.15, -0.1) is 0 Å². The molecule has 8 nitrogen and oxygen atoms in total. The van der Waals surface area contributed by atoms with Gasteiger partial charge in [-0.05, 0) is 35.9 Å². The molecule has 30 heavy (non-hydrogen) atoms. The molecule has 0 aliphatic heterocycles. The first-order chi connectivity index (χ1) is 14.0. The number of rotatable bonds is 7. The Hall–Kier alpha value is -3.12. The van der Waals surface area contributed by atoms with Crippen LogP contribution in [0, 0.1) is 0 Å². The van der Waals surface area contributed by atoms with Gasteiger partial charge in [-0.2, -0.15) is 13.2 Å². The topological polar surface area (TPSA) is 114 Å². The minimum Gasteiger partial charge on any atom is -0.453 e. The van der Waals surface area contributed by atoms with Gasteiger partial charge in [-0.1, -0.05) is 18.2 Å². The molecular formula is C18H18F3N3O5S. The predicted octanol–water partition coefficient (Wildman–Crippen LogP) is 2.48. The van der Waals surface area contributed by atoms with Crippen molar-refractivity contribution < 1.29 is 35.9 Å². The van der Waals surface area contributed by atoms with Gasteiger partial charge in [0.15, 0.2) is 0 Å². The lowest BCUT2D eigenvalue weighted by Crippen LogP contribution is -2.36. The average molecular weight is 445 g/mol. The van der Waals surface area contributed by atoms with E-state index in [4.69, 9.17) is 0 Å². The number of hydrogen-bond donors (Lipinski definition) is 3. The molecule has 162 valence electrons. The van der Waals surface area contributed by atoms with Crippen molar-refractivity contribution in [2.75, 3.05) is 19.0 Å². The number of hydrogen-bond acceptors (Lipinski definition) is 5. The highest BCUT2D eigenvalue weighted by Gasteiger charge is 2.31. The van der Waals surface area contributed by atoms with Crippen LogP contribution in [0.25, 0.3) is 0 Å². The van der Waals surface area contributed by atoms with E-state index in [1.165, 1.54) is 7.11 Å². The van der Waals surface area contributed by atoms with Crippen LogP contribution in [0.2, 0.25) is 0 Å². The van der Waals surface area contributed by atoms with Crippen LogP contribution in [-0.4, -0.2) is 34.1 Å². The minimum atomic E-state index is -4.69. The summed E-state index contributed by atoms with van der Waals surface area (Å²) in [6.45, 7) is -0.580. The van der Waals surface area contributed by atoms with E-state index >= 15 is 0 Å². The third-order valence-corrected chi connectivity index (χ3v) is 5.17. The molecule has 0 radical (unpaired) electrons. The van der Waals surface area contributed by atoms with Gasteiger partial charge in [0.1, 0.15) is 0 Å². The van der Waals surface area contributed by atoms with Gasteiger partial charge in [0, 0.05) is 12.2 Å². The SMILES string of the molecule is COC(=O)Nc1ccc(CNC(=O)CNS(=O)(=O)c2cccc(C(F)(F)F)c2)cc1. The number of carbonyl (C=O) groups is 2. The maximum absolute atomic E-state index is 12.7. The Morgan fingerprint density at radius 3 is 2.33 bits per heavy atom. The number of sulfonamides is 1. The Labute approximate surface area is 170 Å². The lowest BCUT2D eigenvalue weighted by atomic mass is 10.2. The first-order valence-electron chi connectivity index (χ1n) is 8.39. The van der Waals surface area contributed by atoms with Crippen molar-refractivity contribution in [2.24, 2.45) is 0 Å². The molecule has 0 atom stereocenters. The van der Waals surface area contributed by atoms with Gasteiger partial charge in [0.2, 0.25) is 15.9 Å². The van der Waals surface area contributed by atoms with Gasteiger partial charge in [0.05, 0.1) is 24.1 Å². The first-order valence-corrected chi connectivity index (χ1v) is 9.87. The zero-order valence-electron chi connectivity index (χ0n) is 15.6. The molecule has 0 aliphatic rings. The van der Waals surface area contributed by atoms with Crippen molar-refractivity contribution in [3.05, 3.63) is 59.7 Å². The summed E-state index contributed by atoms with van der Waals surface area (Å²) in [6, 6.07) is 9.61. The van der Waals surface area contributed by atoms with Crippen LogP contribution in [0.1, 0.15) is 11.1 Å². The molecule has 2 amide bonds. The summed E-state index contributed by atoms with van der Waals surface area (Å²) in [4.78, 5) is 22.4. The molecule has 0 spiro atoms. The Kier molecular flexibility index (Phi) is 7.40. The Morgan fingerprint density at radius 1 is 1.07 bits per heavy atom. The van der Waals surface area contributed by atoms with Crippen LogP contribution in [0.4, 0.5) is 23.7 Å². The predicted molar refractivity (Wildman–Crippen MR) is 101 cm³/mol. The molecule has 0 heterocycles. The van der Waals surface area contributed by atoms with Gasteiger partial charge >= 0.3 is 12.3 Å². The van der Waals surface area contributed by atoms with Crippen molar-refractivity contribution in [1.82, 2.24) is 10.0 Å². The quantitative estimate of drug-likeness (QED) is 0.606. The second-order valence-electron chi connectivity index (χ2n) is 5.94. The summed E-state index contributed by atoms with van der Waals surface area (Å²) in [6.07, 6.45) is -5.32. The largest absolute Gasteiger partial charge is 0.453 e. The van der Waals surface area contributed by atoms with Crippen molar-refractivity contribution >= 4 is 27.7 Å². The maximum atomic E-state index is 12.7. The third-order valence-electron chi connectivity index (χ3n) is 3.77. The van der Waals surface area contributed by atoms with E-state index in [-0.39, 0.29) is 6.54 Å². The van der Waals surface area contributed by atoms with Crippen LogP contribution < -0.4 is 15.4 Å². The zero-order valence-corrected chi connectivity index (χ0v) is 16.4. The molecule has 12 heteroatoms. The van der Waals surface area contributed by atoms with Crippen LogP contribution in [-0.2, 0) is 32.3 Å². The highest BCUT2D eigenvalue weighted by Crippen LogP contribution is 2.30. The Morgan fingerprint density at radius 2 is 1.73 bits per heavy atom. The molecule has 2 aromatic rings. The Balaban J connectivity index is 1.89. The van der Waals surface area contributed by atoms with E-state index in [9.17, 15) is 31.2 Å². The fourth-order valence-corrected chi connectivity index (χ4v) is 3.25. The molecule has 0 unspecified atom stereocenters. The molecule has 2 aromatic carbocycles. The normalized spacial score (nSPS) is 11.6. The van der Waals surface area contributed by atoms with Gasteiger partial charge < -0.3 is 10.1 Å². The van der Waals surface area contributed by atoms with Gasteiger partial charge in [0.25, 0.3) is 0 Å². The van der Waals surface area contributed by atoms with Crippen LogP contribution >= 0.6 is 0 Å². The lowest BCUT2D eigenvalue weighted by molar-refractivity contribution is -0.137. The van der Waals surface area contributed by atoms with E-state index in [1.54, 1.807) is 24.3 Å². The molecule has 0 saturated carbocycles. The van der Waals surface area contributed by atoms with E-state index in [0.29, 0.717) is 17.3 Å². The highest BCUT2D eigenvalue weighted by molar-refractivity contribution is 7.89. The molecule has 0 aromatic heterocycles. The molecule has 0 saturated heterocycles. The van der Waals surface area contributed by atoms with Crippen molar-refractivity contribution in [3.8, 4) is 0 Å². The van der Waals surface area contributed by atoms with Gasteiger partial charge in [-0.3, -0.25) is 10.1 Å². The maximum Gasteiger partial charge on any atom is 0.416 e. The van der Waals surface area contributed by atoms with E-state index < -0.39 is 45.2 Å². The van der Waals surface area contributed by atoms with Crippen molar-refractivity contribution in [3.63, 3.8) is 0 Å². The van der Waals surface area contributed by atoms with Crippen molar-refractivity contribution in [2.45, 2.75) is 17.6 Å². The summed E-state index contributed by atoms with van der Waals surface area (Å²) in [7, 11) is -3.08. The van der Waals surface area contributed by atoms with Crippen LogP contribution in [0.15, 0.2) is 53.4 Å². The highest BCUT2D eigenvalue weighted by atomic mass is 32.2. The summed E-state index contributed by atoms with van der Waals surface area (Å²) in [5, 5.41) is 4.93. The molecule has 0 bridgehead atoms. The summed E-state index contributed by atoms with van der Waals surface area (Å²) >= 11 is 0. The number of ether oxygens (including phenoxy) is 1. The minimum absolute atomic E-state index is 0.0720. The Bertz CT molecular complexity index is 1010. The summed E-state index contributed by atoms with van der Waals surface area (Å²) < 4.78 is 68.9. The smallest absolute Gasteiger partial charge is 0.416 e. The molecule has 0 aliphatic carbocycles. The lowest BCUT2D eigenvalue weighted by Gasteiger charge is -2.11. The van der Waals surface area contributed by atoms with Crippen LogP contribution in [0.5, 0.6) is 0 Å². The fourth-order valence-electron chi connectivity index (χ4n) is 2.22. The third kappa shape index (κ3) is 6.74. The number of carbonyl (C=O) groups excluding carboxylic acids is 2. The number of methoxy groups -OCH3 is 1. The second kappa shape index (κ2) is 9.59. The number of alkyl halides is 3. The number of anilines is 1. The van der Waals surface area contributed by atoms with E-state index in [0.717, 1.165) is 18.2 Å². The number of amides is 2. The monoisotopic (exact) mass is 445 g/mol. The number of nitrogens with one attached hydrogen (secondary N) is 3. The second-order valence-corrected chi connectivity index (χ2v) is 7.71. The number of halogens is 3. The summed E-state index contributed by atoms with van der Waals surface area (Å²) in [5.41, 5.74) is 0.0326. The molecule has 0 fully saturated rings. The van der Waals surface area contributed by atoms with Gasteiger partial charge in [-0.25, -0.2) is 17.9 Å². The molecule has 2 rings (SSSR count). The molecule has 3 N–H and O–H groups in total. The fraction of sp³-hybridized carbons (Fsp3) is 0.222. The first kappa shape index (κ1) is 23.2. The van der Waals surface area contributed by atoms with Crippen LogP contribution in [0.3, 0.4) is 0 Å².